The number of carbonyl (C=O) groups is 1. The third-order valence-corrected chi connectivity index (χ3v) is 3.10. The van der Waals surface area contributed by atoms with Crippen molar-refractivity contribution >= 4 is 44.5 Å². The number of halogens is 4. The van der Waals surface area contributed by atoms with E-state index in [2.05, 4.69) is 20.9 Å². The number of nitrogens with zero attached hydrogens (tertiary/aromatic N) is 1. The van der Waals surface area contributed by atoms with Gasteiger partial charge in [0.2, 0.25) is 0 Å². The monoisotopic (exact) mass is 391 g/mol. The Morgan fingerprint density at radius 3 is 2.67 bits per heavy atom. The van der Waals surface area contributed by atoms with Crippen LogP contribution in [0.2, 0.25) is 0 Å². The van der Waals surface area contributed by atoms with Crippen LogP contribution in [0.15, 0.2) is 6.07 Å². The highest BCUT2D eigenvalue weighted by Gasteiger charge is 2.19. The molecule has 0 aliphatic heterocycles. The lowest BCUT2D eigenvalue weighted by Crippen LogP contribution is -2.07. The SMILES string of the molecule is O=C(O)c1cc(CBr)c(C(F)F)nc1I. The molecule has 0 spiro atoms. The predicted molar refractivity (Wildman–Crippen MR) is 61.5 cm³/mol. The normalized spacial score (nSPS) is 10.7. The minimum Gasteiger partial charge on any atom is -0.478 e. The van der Waals surface area contributed by atoms with Crippen molar-refractivity contribution in [1.82, 2.24) is 4.98 Å². The summed E-state index contributed by atoms with van der Waals surface area (Å²) < 4.78 is 25.1. The number of rotatable bonds is 3. The summed E-state index contributed by atoms with van der Waals surface area (Å²) in [6.45, 7) is 0. The largest absolute Gasteiger partial charge is 0.478 e. The fraction of sp³-hybridized carbons (Fsp3) is 0.250. The molecule has 0 bridgehead atoms. The van der Waals surface area contributed by atoms with Gasteiger partial charge < -0.3 is 5.11 Å². The summed E-state index contributed by atoms with van der Waals surface area (Å²) in [5.74, 6) is -1.17. The second-order valence-corrected chi connectivity index (χ2v) is 4.19. The minimum atomic E-state index is -2.70. The first-order chi connectivity index (χ1) is 6.97. The number of aromatic nitrogens is 1. The maximum absolute atomic E-state index is 12.5. The van der Waals surface area contributed by atoms with Crippen molar-refractivity contribution in [3.8, 4) is 0 Å². The Labute approximate surface area is 106 Å². The minimum absolute atomic E-state index is 0.0607. The molecule has 1 heterocycles. The molecular weight excluding hydrogens is 387 g/mol. The molecule has 0 aliphatic rings. The number of carboxylic acids is 1. The van der Waals surface area contributed by atoms with E-state index in [9.17, 15) is 13.6 Å². The van der Waals surface area contributed by atoms with Crippen LogP contribution >= 0.6 is 38.5 Å². The molecule has 0 saturated carbocycles. The standard InChI is InChI=1S/C8H5BrF2INO2/c9-2-3-1-4(8(14)15)7(12)13-5(3)6(10)11/h1,6H,2H2,(H,14,15). The van der Waals surface area contributed by atoms with Crippen molar-refractivity contribution in [3.05, 3.63) is 26.6 Å². The molecule has 1 N–H and O–H groups in total. The highest BCUT2D eigenvalue weighted by Crippen LogP contribution is 2.25. The number of aromatic carboxylic acids is 1. The summed E-state index contributed by atoms with van der Waals surface area (Å²) in [7, 11) is 0. The van der Waals surface area contributed by atoms with Crippen molar-refractivity contribution in [2.75, 3.05) is 0 Å². The summed E-state index contributed by atoms with van der Waals surface area (Å²) in [5.41, 5.74) is -0.237. The molecule has 1 rings (SSSR count). The van der Waals surface area contributed by atoms with E-state index in [4.69, 9.17) is 5.11 Å². The average Bonchev–Trinajstić information content (AvgIpc) is 2.16. The molecule has 0 saturated heterocycles. The molecule has 0 amide bonds. The molecular formula is C8H5BrF2INO2. The second kappa shape index (κ2) is 5.15. The van der Waals surface area contributed by atoms with E-state index in [1.165, 1.54) is 6.07 Å². The first-order valence-corrected chi connectivity index (χ1v) is 5.94. The first-order valence-electron chi connectivity index (χ1n) is 3.74. The van der Waals surface area contributed by atoms with Crippen LogP contribution in [0.25, 0.3) is 0 Å². The molecule has 7 heteroatoms. The lowest BCUT2D eigenvalue weighted by Gasteiger charge is -2.08. The van der Waals surface area contributed by atoms with Crippen LogP contribution in [0, 0.1) is 3.70 Å². The Kier molecular flexibility index (Phi) is 4.38. The third-order valence-electron chi connectivity index (χ3n) is 1.67. The van der Waals surface area contributed by atoms with Crippen LogP contribution in [0.3, 0.4) is 0 Å². The molecule has 0 unspecified atom stereocenters. The van der Waals surface area contributed by atoms with E-state index in [0.717, 1.165) is 0 Å². The van der Waals surface area contributed by atoms with Crippen molar-refractivity contribution < 1.29 is 18.7 Å². The molecule has 1 aromatic heterocycles. The highest BCUT2D eigenvalue weighted by molar-refractivity contribution is 14.1. The second-order valence-electron chi connectivity index (χ2n) is 2.61. The molecule has 0 fully saturated rings. The van der Waals surface area contributed by atoms with Crippen molar-refractivity contribution in [2.24, 2.45) is 0 Å². The number of pyridine rings is 1. The van der Waals surface area contributed by atoms with Gasteiger partial charge >= 0.3 is 5.97 Å². The van der Waals surface area contributed by atoms with Gasteiger partial charge in [-0.05, 0) is 34.2 Å². The summed E-state index contributed by atoms with van der Waals surface area (Å²) >= 11 is 4.64. The van der Waals surface area contributed by atoms with Gasteiger partial charge in [0, 0.05) is 5.33 Å². The molecule has 82 valence electrons. The Balaban J connectivity index is 3.35. The van der Waals surface area contributed by atoms with Crippen molar-refractivity contribution in [2.45, 2.75) is 11.8 Å². The van der Waals surface area contributed by atoms with Crippen LogP contribution in [-0.4, -0.2) is 16.1 Å². The summed E-state index contributed by atoms with van der Waals surface area (Å²) in [5, 5.41) is 8.92. The average molecular weight is 392 g/mol. The fourth-order valence-electron chi connectivity index (χ4n) is 0.991. The summed E-state index contributed by atoms with van der Waals surface area (Å²) in [4.78, 5) is 14.3. The van der Waals surface area contributed by atoms with Gasteiger partial charge in [-0.2, -0.15) is 0 Å². The lowest BCUT2D eigenvalue weighted by molar-refractivity contribution is 0.0694. The van der Waals surface area contributed by atoms with Gasteiger partial charge in [-0.15, -0.1) is 0 Å². The maximum atomic E-state index is 12.5. The Hall–Kier alpha value is -0.310. The Bertz CT molecular complexity index is 400. The van der Waals surface area contributed by atoms with Crippen LogP contribution in [0.1, 0.15) is 28.0 Å². The number of hydrogen-bond acceptors (Lipinski definition) is 2. The van der Waals surface area contributed by atoms with E-state index in [1.807, 2.05) is 0 Å². The molecule has 0 aliphatic carbocycles. The third kappa shape index (κ3) is 2.83. The zero-order chi connectivity index (χ0) is 11.6. The van der Waals surface area contributed by atoms with E-state index in [-0.39, 0.29) is 25.9 Å². The molecule has 0 aromatic carbocycles. The number of carboxylic acid groups (broad SMARTS) is 1. The predicted octanol–water partition coefficient (Wildman–Crippen LogP) is 3.22. The quantitative estimate of drug-likeness (QED) is 0.489. The molecule has 0 radical (unpaired) electrons. The lowest BCUT2D eigenvalue weighted by atomic mass is 10.1. The molecule has 3 nitrogen and oxygen atoms in total. The van der Waals surface area contributed by atoms with Crippen LogP contribution < -0.4 is 0 Å². The van der Waals surface area contributed by atoms with Gasteiger partial charge in [0.25, 0.3) is 6.43 Å². The fourth-order valence-corrected chi connectivity index (χ4v) is 2.09. The van der Waals surface area contributed by atoms with E-state index >= 15 is 0 Å². The van der Waals surface area contributed by atoms with Gasteiger partial charge in [0.05, 0.1) is 5.56 Å². The maximum Gasteiger partial charge on any atom is 0.338 e. The van der Waals surface area contributed by atoms with Crippen molar-refractivity contribution in [1.29, 1.82) is 0 Å². The van der Waals surface area contributed by atoms with E-state index in [1.54, 1.807) is 22.6 Å². The van der Waals surface area contributed by atoms with E-state index in [0.29, 0.717) is 0 Å². The first kappa shape index (κ1) is 12.8. The Morgan fingerprint density at radius 2 is 2.27 bits per heavy atom. The molecule has 0 atom stereocenters. The zero-order valence-corrected chi connectivity index (χ0v) is 10.9. The highest BCUT2D eigenvalue weighted by atomic mass is 127. The van der Waals surface area contributed by atoms with Gasteiger partial charge in [0.15, 0.2) is 0 Å². The number of alkyl halides is 3. The topological polar surface area (TPSA) is 50.2 Å². The van der Waals surface area contributed by atoms with E-state index < -0.39 is 12.4 Å². The van der Waals surface area contributed by atoms with Crippen LogP contribution in [-0.2, 0) is 5.33 Å². The summed E-state index contributed by atoms with van der Waals surface area (Å²) in [6, 6.07) is 1.22. The van der Waals surface area contributed by atoms with Gasteiger partial charge in [-0.3, -0.25) is 0 Å². The van der Waals surface area contributed by atoms with Gasteiger partial charge in [-0.25, -0.2) is 18.6 Å². The molecule has 1 aromatic rings. The zero-order valence-electron chi connectivity index (χ0n) is 7.18. The number of hydrogen-bond donors (Lipinski definition) is 1. The van der Waals surface area contributed by atoms with Gasteiger partial charge in [0.1, 0.15) is 9.39 Å². The van der Waals surface area contributed by atoms with Gasteiger partial charge in [-0.1, -0.05) is 15.9 Å². The Morgan fingerprint density at radius 1 is 1.67 bits per heavy atom. The molecule has 15 heavy (non-hydrogen) atoms. The summed E-state index contributed by atoms with van der Waals surface area (Å²) in [6.07, 6.45) is -2.70. The smallest absolute Gasteiger partial charge is 0.338 e. The van der Waals surface area contributed by atoms with Crippen LogP contribution in [0.4, 0.5) is 8.78 Å². The van der Waals surface area contributed by atoms with Crippen molar-refractivity contribution in [3.63, 3.8) is 0 Å². The van der Waals surface area contributed by atoms with Crippen LogP contribution in [0.5, 0.6) is 0 Å².